The Morgan fingerprint density at radius 3 is 2.57 bits per heavy atom. The van der Waals surface area contributed by atoms with Gasteiger partial charge in [-0.15, -0.1) is 12.4 Å². The number of carbonyl (C=O) groups excluding carboxylic acids is 1. The van der Waals surface area contributed by atoms with E-state index in [0.29, 0.717) is 6.61 Å². The predicted octanol–water partition coefficient (Wildman–Crippen LogP) is 3.82. The number of nitrogens with one attached hydrogen (secondary N) is 2. The molecule has 0 aliphatic carbocycles. The van der Waals surface area contributed by atoms with Crippen molar-refractivity contribution in [2.24, 2.45) is 0 Å². The first-order valence-corrected chi connectivity index (χ1v) is 9.43. The molecular formula is C22H26ClN3O2. The molecule has 5 nitrogen and oxygen atoms in total. The Bertz CT molecular complexity index is 847. The number of benzene rings is 2. The first-order valence-electron chi connectivity index (χ1n) is 9.43. The van der Waals surface area contributed by atoms with Gasteiger partial charge in [0.2, 0.25) is 0 Å². The molecular weight excluding hydrogens is 374 g/mol. The van der Waals surface area contributed by atoms with Gasteiger partial charge in [0.15, 0.2) is 0 Å². The van der Waals surface area contributed by atoms with Crippen molar-refractivity contribution in [3.05, 3.63) is 72.3 Å². The van der Waals surface area contributed by atoms with E-state index in [1.807, 2.05) is 42.5 Å². The number of piperidine rings is 1. The molecule has 28 heavy (non-hydrogen) atoms. The second kappa shape index (κ2) is 8.67. The van der Waals surface area contributed by atoms with Crippen LogP contribution in [0, 0.1) is 0 Å². The molecule has 0 aromatic heterocycles. The van der Waals surface area contributed by atoms with Crippen molar-refractivity contribution in [1.29, 1.82) is 0 Å². The summed E-state index contributed by atoms with van der Waals surface area (Å²) in [7, 11) is 0. The lowest BCUT2D eigenvalue weighted by Crippen LogP contribution is -2.62. The zero-order valence-corrected chi connectivity index (χ0v) is 16.6. The van der Waals surface area contributed by atoms with Crippen LogP contribution in [0.25, 0.3) is 0 Å². The summed E-state index contributed by atoms with van der Waals surface area (Å²) < 4.78 is 5.78. The van der Waals surface area contributed by atoms with E-state index in [1.165, 1.54) is 5.56 Å². The van der Waals surface area contributed by atoms with Gasteiger partial charge in [-0.05, 0) is 18.2 Å². The van der Waals surface area contributed by atoms with Crippen molar-refractivity contribution in [2.75, 3.05) is 25.0 Å². The molecule has 1 saturated heterocycles. The van der Waals surface area contributed by atoms with Gasteiger partial charge in [-0.3, -0.25) is 9.69 Å². The number of anilines is 1. The first kappa shape index (κ1) is 20.2. The Morgan fingerprint density at radius 1 is 1.07 bits per heavy atom. The smallest absolute Gasteiger partial charge is 0.255 e. The third kappa shape index (κ3) is 4.16. The van der Waals surface area contributed by atoms with Gasteiger partial charge in [0.25, 0.3) is 5.91 Å². The average molecular weight is 400 g/mol. The maximum atomic E-state index is 12.5. The minimum absolute atomic E-state index is 0. The standard InChI is InChI=1S/C22H25N3O2.ClH/c1-2-15-27-20-10-6-3-7-17(20)16-25-13-11-22(12-14-25)23-19-9-5-4-8-18(19)21(26)24-22;/h2-10,23H,1,11-16H2,(H,24,26);1H. The second-order valence-electron chi connectivity index (χ2n) is 7.19. The molecule has 2 aromatic rings. The number of carbonyl (C=O) groups is 1. The minimum Gasteiger partial charge on any atom is -0.489 e. The summed E-state index contributed by atoms with van der Waals surface area (Å²) >= 11 is 0. The normalized spacial score (nSPS) is 17.6. The molecule has 148 valence electrons. The molecule has 2 aliphatic rings. The van der Waals surface area contributed by atoms with E-state index in [0.717, 1.165) is 49.5 Å². The predicted molar refractivity (Wildman–Crippen MR) is 114 cm³/mol. The van der Waals surface area contributed by atoms with Gasteiger partial charge in [0.05, 0.1) is 5.56 Å². The van der Waals surface area contributed by atoms with E-state index in [2.05, 4.69) is 28.2 Å². The van der Waals surface area contributed by atoms with E-state index >= 15 is 0 Å². The van der Waals surface area contributed by atoms with E-state index in [4.69, 9.17) is 4.74 Å². The molecule has 0 atom stereocenters. The largest absolute Gasteiger partial charge is 0.489 e. The van der Waals surface area contributed by atoms with Gasteiger partial charge in [0.1, 0.15) is 18.0 Å². The maximum Gasteiger partial charge on any atom is 0.255 e. The van der Waals surface area contributed by atoms with Crippen LogP contribution in [0.4, 0.5) is 5.69 Å². The van der Waals surface area contributed by atoms with Gasteiger partial charge >= 0.3 is 0 Å². The molecule has 4 rings (SSSR count). The van der Waals surface area contributed by atoms with Crippen molar-refractivity contribution < 1.29 is 9.53 Å². The zero-order chi connectivity index (χ0) is 18.7. The highest BCUT2D eigenvalue weighted by molar-refractivity contribution is 6.02. The summed E-state index contributed by atoms with van der Waals surface area (Å²) in [6.45, 7) is 6.88. The van der Waals surface area contributed by atoms with Crippen LogP contribution in [0.1, 0.15) is 28.8 Å². The lowest BCUT2D eigenvalue weighted by molar-refractivity contribution is 0.0821. The van der Waals surface area contributed by atoms with E-state index < -0.39 is 0 Å². The Labute approximate surface area is 172 Å². The number of halogens is 1. The Hall–Kier alpha value is -2.50. The fourth-order valence-electron chi connectivity index (χ4n) is 3.87. The number of ether oxygens (including phenoxy) is 1. The fourth-order valence-corrected chi connectivity index (χ4v) is 3.87. The Kier molecular flexibility index (Phi) is 6.27. The lowest BCUT2D eigenvalue weighted by atomic mass is 9.92. The van der Waals surface area contributed by atoms with Gasteiger partial charge < -0.3 is 15.4 Å². The number of fused-ring (bicyclic) bond motifs is 1. The van der Waals surface area contributed by atoms with E-state index in [1.54, 1.807) is 6.08 Å². The van der Waals surface area contributed by atoms with E-state index in [9.17, 15) is 4.79 Å². The number of hydrogen-bond donors (Lipinski definition) is 2. The first-order chi connectivity index (χ1) is 13.2. The summed E-state index contributed by atoms with van der Waals surface area (Å²) in [5, 5.41) is 6.77. The summed E-state index contributed by atoms with van der Waals surface area (Å²) in [5.74, 6) is 0.927. The van der Waals surface area contributed by atoms with Crippen molar-refractivity contribution in [3.8, 4) is 5.75 Å². The molecule has 2 aliphatic heterocycles. The van der Waals surface area contributed by atoms with Crippen molar-refractivity contribution in [3.63, 3.8) is 0 Å². The summed E-state index contributed by atoms with van der Waals surface area (Å²) in [6, 6.07) is 15.9. The molecule has 2 N–H and O–H groups in total. The minimum atomic E-state index is -0.346. The highest BCUT2D eigenvalue weighted by atomic mass is 35.5. The third-order valence-corrected chi connectivity index (χ3v) is 5.33. The summed E-state index contributed by atoms with van der Waals surface area (Å²) in [5.41, 5.74) is 2.49. The molecule has 0 radical (unpaired) electrons. The SMILES string of the molecule is C=CCOc1ccccc1CN1CCC2(CC1)NC(=O)c1ccccc1N2.Cl. The highest BCUT2D eigenvalue weighted by Crippen LogP contribution is 2.32. The summed E-state index contributed by atoms with van der Waals surface area (Å²) in [6.07, 6.45) is 3.49. The average Bonchev–Trinajstić information content (AvgIpc) is 2.69. The molecule has 0 bridgehead atoms. The monoisotopic (exact) mass is 399 g/mol. The zero-order valence-electron chi connectivity index (χ0n) is 15.8. The Morgan fingerprint density at radius 2 is 1.79 bits per heavy atom. The topological polar surface area (TPSA) is 53.6 Å². The molecule has 2 aromatic carbocycles. The van der Waals surface area contributed by atoms with Gasteiger partial charge in [-0.2, -0.15) is 0 Å². The van der Waals surface area contributed by atoms with Gasteiger partial charge in [0, 0.05) is 43.7 Å². The molecule has 6 heteroatoms. The quantitative estimate of drug-likeness (QED) is 0.750. The molecule has 0 saturated carbocycles. The van der Waals surface area contributed by atoms with Crippen molar-refractivity contribution in [1.82, 2.24) is 10.2 Å². The summed E-state index contributed by atoms with van der Waals surface area (Å²) in [4.78, 5) is 14.9. The number of amides is 1. The molecule has 0 unspecified atom stereocenters. The molecule has 2 heterocycles. The van der Waals surface area contributed by atoms with Gasteiger partial charge in [-0.1, -0.05) is 43.0 Å². The van der Waals surface area contributed by atoms with Crippen LogP contribution in [0.5, 0.6) is 5.75 Å². The third-order valence-electron chi connectivity index (χ3n) is 5.33. The van der Waals surface area contributed by atoms with Gasteiger partial charge in [-0.25, -0.2) is 0 Å². The number of hydrogen-bond acceptors (Lipinski definition) is 4. The van der Waals surface area contributed by atoms with Crippen LogP contribution >= 0.6 is 12.4 Å². The second-order valence-corrected chi connectivity index (χ2v) is 7.19. The number of nitrogens with zero attached hydrogens (tertiary/aromatic N) is 1. The molecule has 1 spiro atoms. The van der Waals surface area contributed by atoms with Crippen LogP contribution in [0.2, 0.25) is 0 Å². The fraction of sp³-hybridized carbons (Fsp3) is 0.318. The molecule has 1 amide bonds. The number of rotatable bonds is 5. The highest BCUT2D eigenvalue weighted by Gasteiger charge is 2.39. The lowest BCUT2D eigenvalue weighted by Gasteiger charge is -2.46. The number of para-hydroxylation sites is 2. The van der Waals surface area contributed by atoms with Crippen LogP contribution in [0.15, 0.2) is 61.2 Å². The molecule has 1 fully saturated rings. The van der Waals surface area contributed by atoms with E-state index in [-0.39, 0.29) is 24.0 Å². The van der Waals surface area contributed by atoms with Crippen LogP contribution in [-0.2, 0) is 6.54 Å². The maximum absolute atomic E-state index is 12.5. The van der Waals surface area contributed by atoms with Crippen LogP contribution < -0.4 is 15.4 Å². The van der Waals surface area contributed by atoms with Crippen LogP contribution in [0.3, 0.4) is 0 Å². The number of likely N-dealkylation sites (tertiary alicyclic amines) is 1. The van der Waals surface area contributed by atoms with Crippen LogP contribution in [-0.4, -0.2) is 36.2 Å². The van der Waals surface area contributed by atoms with Crippen molar-refractivity contribution in [2.45, 2.75) is 25.0 Å². The Balaban J connectivity index is 0.00000225. The van der Waals surface area contributed by atoms with Crippen molar-refractivity contribution >= 4 is 24.0 Å².